The maximum absolute atomic E-state index is 11.9. The summed E-state index contributed by atoms with van der Waals surface area (Å²) in [6.07, 6.45) is 2.02. The number of nitrogens with one attached hydrogen (secondary N) is 1. The van der Waals surface area contributed by atoms with Crippen LogP contribution in [0.25, 0.3) is 0 Å². The average Bonchev–Trinajstić information content (AvgIpc) is 2.53. The van der Waals surface area contributed by atoms with Crippen LogP contribution in [0.3, 0.4) is 0 Å². The van der Waals surface area contributed by atoms with Gasteiger partial charge in [0.25, 0.3) is 0 Å². The summed E-state index contributed by atoms with van der Waals surface area (Å²) in [6.45, 7) is 2.71. The Balaban J connectivity index is 1.86. The van der Waals surface area contributed by atoms with E-state index in [1.807, 2.05) is 48.5 Å². The minimum absolute atomic E-state index is 0.00363. The number of carbonyl (C=O) groups is 1. The van der Waals surface area contributed by atoms with Crippen molar-refractivity contribution in [1.82, 2.24) is 0 Å². The van der Waals surface area contributed by atoms with Gasteiger partial charge in [0, 0.05) is 12.1 Å². The Morgan fingerprint density at radius 2 is 1.95 bits per heavy atom. The molecule has 0 radical (unpaired) electrons. The second-order valence-corrected chi connectivity index (χ2v) is 5.13. The molecule has 2 aromatic carbocycles. The molecule has 0 unspecified atom stereocenters. The van der Waals surface area contributed by atoms with Crippen molar-refractivity contribution >= 4 is 17.3 Å². The summed E-state index contributed by atoms with van der Waals surface area (Å²) in [6, 6.07) is 15.1. The van der Waals surface area contributed by atoms with Crippen molar-refractivity contribution in [3.8, 4) is 5.75 Å². The number of hydrogen-bond acceptors (Lipinski definition) is 3. The van der Waals surface area contributed by atoms with Gasteiger partial charge in [-0.25, -0.2) is 0 Å². The number of benzene rings is 2. The normalized spacial score (nSPS) is 10.2. The van der Waals surface area contributed by atoms with E-state index in [1.165, 1.54) is 0 Å². The fourth-order valence-electron chi connectivity index (χ4n) is 2.10. The van der Waals surface area contributed by atoms with Crippen molar-refractivity contribution in [3.05, 3.63) is 54.1 Å². The summed E-state index contributed by atoms with van der Waals surface area (Å²) < 4.78 is 5.54. The number of ether oxygens (including phenoxy) is 1. The molecular weight excluding hydrogens is 276 g/mol. The first-order chi connectivity index (χ1) is 10.7. The lowest BCUT2D eigenvalue weighted by molar-refractivity contribution is -0.116. The van der Waals surface area contributed by atoms with E-state index in [1.54, 1.807) is 0 Å². The van der Waals surface area contributed by atoms with E-state index in [4.69, 9.17) is 10.5 Å². The van der Waals surface area contributed by atoms with E-state index in [-0.39, 0.29) is 5.91 Å². The van der Waals surface area contributed by atoms with Gasteiger partial charge in [0.1, 0.15) is 5.75 Å². The third-order valence-electron chi connectivity index (χ3n) is 3.23. The van der Waals surface area contributed by atoms with Gasteiger partial charge in [0.15, 0.2) is 0 Å². The van der Waals surface area contributed by atoms with Crippen molar-refractivity contribution in [2.45, 2.75) is 26.2 Å². The first-order valence-corrected chi connectivity index (χ1v) is 7.55. The van der Waals surface area contributed by atoms with Crippen LogP contribution in [0.1, 0.15) is 25.3 Å². The molecule has 116 valence electrons. The van der Waals surface area contributed by atoms with Crippen LogP contribution in [0, 0.1) is 0 Å². The molecule has 0 atom stereocenters. The van der Waals surface area contributed by atoms with E-state index in [9.17, 15) is 4.79 Å². The third-order valence-corrected chi connectivity index (χ3v) is 3.23. The number of aryl methyl sites for hydroxylation is 1. The number of rotatable bonds is 7. The zero-order valence-electron chi connectivity index (χ0n) is 12.8. The van der Waals surface area contributed by atoms with Gasteiger partial charge >= 0.3 is 0 Å². The molecule has 1 amide bonds. The molecule has 0 aliphatic rings. The number of hydrogen-bond donors (Lipinski definition) is 2. The Morgan fingerprint density at radius 1 is 1.18 bits per heavy atom. The van der Waals surface area contributed by atoms with Gasteiger partial charge in [0.2, 0.25) is 5.91 Å². The van der Waals surface area contributed by atoms with Gasteiger partial charge in [-0.1, -0.05) is 31.2 Å². The van der Waals surface area contributed by atoms with Gasteiger partial charge in [-0.3, -0.25) is 4.79 Å². The second kappa shape index (κ2) is 8.08. The summed E-state index contributed by atoms with van der Waals surface area (Å²) in [5.41, 5.74) is 8.43. The van der Waals surface area contributed by atoms with E-state index < -0.39 is 0 Å². The lowest BCUT2D eigenvalue weighted by Crippen LogP contribution is -2.12. The molecular formula is C18H22N2O2. The molecule has 0 saturated heterocycles. The van der Waals surface area contributed by atoms with Crippen LogP contribution >= 0.6 is 0 Å². The molecule has 2 rings (SSSR count). The molecule has 0 fully saturated rings. The number of para-hydroxylation sites is 1. The Morgan fingerprint density at radius 3 is 2.64 bits per heavy atom. The van der Waals surface area contributed by atoms with Crippen molar-refractivity contribution < 1.29 is 9.53 Å². The highest BCUT2D eigenvalue weighted by molar-refractivity contribution is 5.90. The SMILES string of the molecule is CCCOc1ccc(CCC(=O)Nc2ccccc2)cc1N. The van der Waals surface area contributed by atoms with Crippen molar-refractivity contribution in [2.24, 2.45) is 0 Å². The maximum Gasteiger partial charge on any atom is 0.224 e. The minimum atomic E-state index is -0.00363. The van der Waals surface area contributed by atoms with Crippen LogP contribution < -0.4 is 15.8 Å². The number of nitrogens with two attached hydrogens (primary N) is 1. The summed E-state index contributed by atoms with van der Waals surface area (Å²) >= 11 is 0. The van der Waals surface area contributed by atoms with Crippen molar-refractivity contribution in [3.63, 3.8) is 0 Å². The summed E-state index contributed by atoms with van der Waals surface area (Å²) in [7, 11) is 0. The van der Waals surface area contributed by atoms with Gasteiger partial charge < -0.3 is 15.8 Å². The van der Waals surface area contributed by atoms with Crippen LogP contribution in [-0.4, -0.2) is 12.5 Å². The van der Waals surface area contributed by atoms with Crippen LogP contribution in [0.15, 0.2) is 48.5 Å². The summed E-state index contributed by atoms with van der Waals surface area (Å²) in [5.74, 6) is 0.704. The Bertz CT molecular complexity index is 612. The Labute approximate surface area is 131 Å². The number of carbonyl (C=O) groups excluding carboxylic acids is 1. The fraction of sp³-hybridized carbons (Fsp3) is 0.278. The molecule has 0 heterocycles. The van der Waals surface area contributed by atoms with Gasteiger partial charge in [-0.15, -0.1) is 0 Å². The number of nitrogen functional groups attached to an aromatic ring is 1. The summed E-state index contributed by atoms with van der Waals surface area (Å²) in [4.78, 5) is 11.9. The molecule has 0 aliphatic heterocycles. The molecule has 22 heavy (non-hydrogen) atoms. The van der Waals surface area contributed by atoms with Gasteiger partial charge in [-0.05, 0) is 42.7 Å². The minimum Gasteiger partial charge on any atom is -0.491 e. The van der Waals surface area contributed by atoms with E-state index in [0.29, 0.717) is 30.9 Å². The Hall–Kier alpha value is -2.49. The highest BCUT2D eigenvalue weighted by Crippen LogP contribution is 2.23. The maximum atomic E-state index is 11.9. The van der Waals surface area contributed by atoms with Crippen LogP contribution in [0.2, 0.25) is 0 Å². The molecule has 0 saturated carbocycles. The Kier molecular flexibility index (Phi) is 5.83. The zero-order chi connectivity index (χ0) is 15.8. The monoisotopic (exact) mass is 298 g/mol. The van der Waals surface area contributed by atoms with Gasteiger partial charge in [-0.2, -0.15) is 0 Å². The van der Waals surface area contributed by atoms with Crippen LogP contribution in [0.4, 0.5) is 11.4 Å². The average molecular weight is 298 g/mol. The largest absolute Gasteiger partial charge is 0.491 e. The third kappa shape index (κ3) is 4.81. The van der Waals surface area contributed by atoms with E-state index in [0.717, 1.165) is 17.7 Å². The fourth-order valence-corrected chi connectivity index (χ4v) is 2.10. The first-order valence-electron chi connectivity index (χ1n) is 7.55. The zero-order valence-corrected chi connectivity index (χ0v) is 12.8. The van der Waals surface area contributed by atoms with Crippen molar-refractivity contribution in [1.29, 1.82) is 0 Å². The highest BCUT2D eigenvalue weighted by Gasteiger charge is 2.06. The van der Waals surface area contributed by atoms with E-state index >= 15 is 0 Å². The predicted molar refractivity (Wildman–Crippen MR) is 90.0 cm³/mol. The predicted octanol–water partition coefficient (Wildman–Crippen LogP) is 3.63. The number of amides is 1. The topological polar surface area (TPSA) is 64.3 Å². The molecule has 2 aromatic rings. The molecule has 0 spiro atoms. The van der Waals surface area contributed by atoms with Crippen LogP contribution in [0.5, 0.6) is 5.75 Å². The van der Waals surface area contributed by atoms with Crippen LogP contribution in [-0.2, 0) is 11.2 Å². The van der Waals surface area contributed by atoms with Crippen molar-refractivity contribution in [2.75, 3.05) is 17.7 Å². The molecule has 0 aromatic heterocycles. The molecule has 4 nitrogen and oxygen atoms in total. The second-order valence-electron chi connectivity index (χ2n) is 5.13. The van der Waals surface area contributed by atoms with E-state index in [2.05, 4.69) is 12.2 Å². The molecule has 3 N–H and O–H groups in total. The molecule has 0 bridgehead atoms. The quantitative estimate of drug-likeness (QED) is 0.767. The number of anilines is 2. The molecule has 0 aliphatic carbocycles. The molecule has 4 heteroatoms. The lowest BCUT2D eigenvalue weighted by atomic mass is 10.1. The first kappa shape index (κ1) is 15.9. The standard InChI is InChI=1S/C18H22N2O2/c1-2-12-22-17-10-8-14(13-16(17)19)9-11-18(21)20-15-6-4-3-5-7-15/h3-8,10,13H,2,9,11-12,19H2,1H3,(H,20,21). The van der Waals surface area contributed by atoms with Gasteiger partial charge in [0.05, 0.1) is 12.3 Å². The smallest absolute Gasteiger partial charge is 0.224 e. The highest BCUT2D eigenvalue weighted by atomic mass is 16.5. The summed E-state index contributed by atoms with van der Waals surface area (Å²) in [5, 5.41) is 2.87. The lowest BCUT2D eigenvalue weighted by Gasteiger charge is -2.10.